The number of esters is 2. The van der Waals surface area contributed by atoms with Gasteiger partial charge in [0.2, 0.25) is 10.0 Å². The summed E-state index contributed by atoms with van der Waals surface area (Å²) in [5.74, 6) is 2.48. The molecule has 0 aromatic heterocycles. The van der Waals surface area contributed by atoms with Crippen LogP contribution in [0.1, 0.15) is 12.8 Å². The van der Waals surface area contributed by atoms with Gasteiger partial charge in [0.15, 0.2) is 0 Å². The lowest BCUT2D eigenvalue weighted by atomic mass is 9.81. The Morgan fingerprint density at radius 1 is 1.18 bits per heavy atom. The lowest BCUT2D eigenvalue weighted by Gasteiger charge is -2.26. The van der Waals surface area contributed by atoms with Crippen LogP contribution in [0.25, 0.3) is 0 Å². The van der Waals surface area contributed by atoms with Crippen LogP contribution in [0.2, 0.25) is 0 Å². The van der Waals surface area contributed by atoms with Crippen molar-refractivity contribution in [1.82, 2.24) is 4.83 Å². The van der Waals surface area contributed by atoms with E-state index in [1.54, 1.807) is 0 Å². The minimum atomic E-state index is -3.60. The van der Waals surface area contributed by atoms with Crippen molar-refractivity contribution in [3.05, 3.63) is 0 Å². The normalized spacial score (nSPS) is 43.9. The number of rotatable bonds is 2. The second-order valence-corrected chi connectivity index (χ2v) is 6.82. The molecule has 0 radical (unpaired) electrons. The zero-order valence-electron chi connectivity index (χ0n) is 8.83. The number of fused-ring (bicyclic) bond motifs is 5. The van der Waals surface area contributed by atoms with Gasteiger partial charge in [-0.3, -0.25) is 15.4 Å². The number of carbonyl (C=O) groups excluding carboxylic acids is 2. The zero-order chi connectivity index (χ0) is 12.4. The Morgan fingerprint density at radius 2 is 1.82 bits per heavy atom. The Morgan fingerprint density at radius 3 is 2.47 bits per heavy atom. The summed E-state index contributed by atoms with van der Waals surface area (Å²) in [6.45, 7) is 0. The summed E-state index contributed by atoms with van der Waals surface area (Å²) >= 11 is 0. The van der Waals surface area contributed by atoms with Crippen molar-refractivity contribution >= 4 is 22.0 Å². The summed E-state index contributed by atoms with van der Waals surface area (Å²) < 4.78 is 28.0. The number of sulfonamides is 1. The standard InChI is InChI=1S/C9H12N2O5S/c10-11-17(14,15)5-2-3-1-4(5)7-6(3)8(12)16-9(7)13/h3-7,11H,1-2,10H2. The van der Waals surface area contributed by atoms with Gasteiger partial charge in [-0.05, 0) is 24.7 Å². The first kappa shape index (κ1) is 11.1. The zero-order valence-corrected chi connectivity index (χ0v) is 9.64. The molecule has 1 aliphatic heterocycles. The van der Waals surface area contributed by atoms with Gasteiger partial charge in [-0.2, -0.15) is 4.83 Å². The van der Waals surface area contributed by atoms with Crippen LogP contribution in [0, 0.1) is 23.7 Å². The van der Waals surface area contributed by atoms with E-state index in [0.29, 0.717) is 12.8 Å². The Balaban J connectivity index is 1.95. The fourth-order valence-corrected chi connectivity index (χ4v) is 5.06. The van der Waals surface area contributed by atoms with E-state index in [-0.39, 0.29) is 11.8 Å². The summed E-state index contributed by atoms with van der Waals surface area (Å²) in [4.78, 5) is 24.8. The number of hydrazine groups is 1. The molecule has 2 aliphatic carbocycles. The first-order valence-corrected chi connectivity index (χ1v) is 6.97. The molecule has 0 aromatic carbocycles. The van der Waals surface area contributed by atoms with Crippen molar-refractivity contribution in [1.29, 1.82) is 0 Å². The maximum absolute atomic E-state index is 11.7. The van der Waals surface area contributed by atoms with Gasteiger partial charge in [-0.1, -0.05) is 0 Å². The summed E-state index contributed by atoms with van der Waals surface area (Å²) in [6.07, 6.45) is 0.961. The Kier molecular flexibility index (Phi) is 2.14. The third-order valence-electron chi connectivity index (χ3n) is 4.25. The lowest BCUT2D eigenvalue weighted by Crippen LogP contribution is -2.45. The number of nitrogens with two attached hydrogens (primary N) is 1. The number of nitrogens with one attached hydrogen (secondary N) is 1. The van der Waals surface area contributed by atoms with Crippen LogP contribution in [0.4, 0.5) is 0 Å². The maximum atomic E-state index is 11.7. The fourth-order valence-electron chi connectivity index (χ4n) is 3.64. The molecule has 0 spiro atoms. The average molecular weight is 260 g/mol. The molecule has 5 atom stereocenters. The number of ether oxygens (including phenoxy) is 1. The topological polar surface area (TPSA) is 116 Å². The second-order valence-electron chi connectivity index (χ2n) is 4.89. The van der Waals surface area contributed by atoms with E-state index in [2.05, 4.69) is 4.74 Å². The van der Waals surface area contributed by atoms with Gasteiger partial charge < -0.3 is 4.74 Å². The molecule has 3 aliphatic rings. The molecular formula is C9H12N2O5S. The van der Waals surface area contributed by atoms with Gasteiger partial charge in [0.1, 0.15) is 0 Å². The number of hydrogen-bond donors (Lipinski definition) is 2. The molecule has 7 nitrogen and oxygen atoms in total. The number of cyclic esters (lactones) is 2. The van der Waals surface area contributed by atoms with Gasteiger partial charge in [0.25, 0.3) is 0 Å². The summed E-state index contributed by atoms with van der Waals surface area (Å²) in [6, 6.07) is 0. The van der Waals surface area contributed by atoms with E-state index in [0.717, 1.165) is 0 Å². The maximum Gasteiger partial charge on any atom is 0.317 e. The molecule has 0 aromatic rings. The Bertz CT molecular complexity index is 502. The van der Waals surface area contributed by atoms with Gasteiger partial charge >= 0.3 is 11.9 Å². The highest BCUT2D eigenvalue weighted by Crippen LogP contribution is 2.57. The van der Waals surface area contributed by atoms with Crippen LogP contribution in [0.3, 0.4) is 0 Å². The predicted octanol–water partition coefficient (Wildman–Crippen LogP) is -1.50. The van der Waals surface area contributed by atoms with Crippen LogP contribution < -0.4 is 10.7 Å². The van der Waals surface area contributed by atoms with Crippen molar-refractivity contribution in [3.63, 3.8) is 0 Å². The predicted molar refractivity (Wildman–Crippen MR) is 54.3 cm³/mol. The van der Waals surface area contributed by atoms with E-state index < -0.39 is 39.0 Å². The molecule has 94 valence electrons. The number of hydrogen-bond acceptors (Lipinski definition) is 6. The van der Waals surface area contributed by atoms with Crippen molar-refractivity contribution in [2.45, 2.75) is 18.1 Å². The van der Waals surface area contributed by atoms with Crippen molar-refractivity contribution in [3.8, 4) is 0 Å². The quantitative estimate of drug-likeness (QED) is 0.270. The van der Waals surface area contributed by atoms with Crippen LogP contribution >= 0.6 is 0 Å². The smallest absolute Gasteiger partial charge is 0.317 e. The second kappa shape index (κ2) is 3.27. The first-order valence-electron chi connectivity index (χ1n) is 5.42. The van der Waals surface area contributed by atoms with E-state index in [1.165, 1.54) is 0 Å². The largest absolute Gasteiger partial charge is 0.393 e. The third kappa shape index (κ3) is 1.31. The SMILES string of the molecule is NNS(=O)(=O)C1CC2CC1C1C(=O)OC(=O)C21. The highest BCUT2D eigenvalue weighted by molar-refractivity contribution is 7.90. The molecule has 1 heterocycles. The van der Waals surface area contributed by atoms with E-state index in [4.69, 9.17) is 5.84 Å². The van der Waals surface area contributed by atoms with Gasteiger partial charge in [0, 0.05) is 0 Å². The van der Waals surface area contributed by atoms with Crippen LogP contribution in [-0.4, -0.2) is 25.6 Å². The van der Waals surface area contributed by atoms with Crippen LogP contribution in [-0.2, 0) is 24.3 Å². The molecule has 2 bridgehead atoms. The lowest BCUT2D eigenvalue weighted by molar-refractivity contribution is -0.154. The summed E-state index contributed by atoms with van der Waals surface area (Å²) in [5, 5.41) is -0.683. The van der Waals surface area contributed by atoms with Gasteiger partial charge in [-0.25, -0.2) is 8.42 Å². The van der Waals surface area contributed by atoms with E-state index in [1.807, 2.05) is 4.83 Å². The fraction of sp³-hybridized carbons (Fsp3) is 0.778. The molecule has 3 rings (SSSR count). The Labute approximate surface area is 97.7 Å². The highest BCUT2D eigenvalue weighted by Gasteiger charge is 2.65. The van der Waals surface area contributed by atoms with Gasteiger partial charge in [0.05, 0.1) is 17.1 Å². The van der Waals surface area contributed by atoms with Crippen LogP contribution in [0.5, 0.6) is 0 Å². The minimum Gasteiger partial charge on any atom is -0.393 e. The Hall–Kier alpha value is -0.990. The van der Waals surface area contributed by atoms with Crippen molar-refractivity contribution in [2.75, 3.05) is 0 Å². The summed E-state index contributed by atoms with van der Waals surface area (Å²) in [5.41, 5.74) is 0. The van der Waals surface area contributed by atoms with Crippen molar-refractivity contribution in [2.24, 2.45) is 29.5 Å². The highest BCUT2D eigenvalue weighted by atomic mass is 32.2. The molecule has 3 N–H and O–H groups in total. The number of carbonyl (C=O) groups is 2. The molecule has 1 saturated heterocycles. The monoisotopic (exact) mass is 260 g/mol. The van der Waals surface area contributed by atoms with E-state index in [9.17, 15) is 18.0 Å². The first-order chi connectivity index (χ1) is 7.95. The van der Waals surface area contributed by atoms with Gasteiger partial charge in [-0.15, -0.1) is 0 Å². The summed E-state index contributed by atoms with van der Waals surface area (Å²) in [7, 11) is -3.60. The third-order valence-corrected chi connectivity index (χ3v) is 5.92. The van der Waals surface area contributed by atoms with Crippen LogP contribution in [0.15, 0.2) is 0 Å². The average Bonchev–Trinajstić information content (AvgIpc) is 2.91. The molecule has 8 heteroatoms. The molecular weight excluding hydrogens is 248 g/mol. The molecule has 17 heavy (non-hydrogen) atoms. The van der Waals surface area contributed by atoms with E-state index >= 15 is 0 Å². The molecule has 3 fully saturated rings. The molecule has 0 amide bonds. The minimum absolute atomic E-state index is 0.0722. The molecule has 5 unspecified atom stereocenters. The van der Waals surface area contributed by atoms with Crippen molar-refractivity contribution < 1.29 is 22.7 Å². The molecule has 2 saturated carbocycles.